The molecule has 0 aromatic rings. The second-order valence-corrected chi connectivity index (χ2v) is 0.354. The van der Waals surface area contributed by atoms with Gasteiger partial charge in [-0.25, -0.2) is 0 Å². The summed E-state index contributed by atoms with van der Waals surface area (Å²) in [7, 11) is 0. The Morgan fingerprint density at radius 3 is 1.75 bits per heavy atom. The molecule has 1 N–H and O–H groups in total. The summed E-state index contributed by atoms with van der Waals surface area (Å²) in [4.78, 5) is 0. The third-order valence-electron chi connectivity index (χ3n) is 0. The molecule has 24 valence electrons. The van der Waals surface area contributed by atoms with Crippen molar-refractivity contribution in [3.8, 4) is 0 Å². The van der Waals surface area contributed by atoms with Crippen molar-refractivity contribution in [3.63, 3.8) is 0 Å². The topological polar surface area (TPSA) is 23.8 Å². The largest absolute Gasteiger partial charge is 0.678 e. The summed E-state index contributed by atoms with van der Waals surface area (Å²) in [5.41, 5.74) is 6.21. The minimum atomic E-state index is 0. The molecule has 0 aromatic carbocycles. The van der Waals surface area contributed by atoms with Gasteiger partial charge in [0.15, 0.2) is 0 Å². The average Bonchev–Trinajstić information content (AvgIpc) is 0.918. The molecule has 0 aliphatic rings. The van der Waals surface area contributed by atoms with Crippen molar-refractivity contribution in [2.24, 2.45) is 0 Å². The van der Waals surface area contributed by atoms with Crippen LogP contribution in [0.1, 0.15) is 6.92 Å². The maximum atomic E-state index is 6.21. The molecule has 2 heteroatoms. The van der Waals surface area contributed by atoms with Crippen LogP contribution in [0.2, 0.25) is 0 Å². The van der Waals surface area contributed by atoms with E-state index >= 15 is 0 Å². The fraction of sp³-hybridized carbons (Fsp3) is 1.00. The van der Waals surface area contributed by atoms with Gasteiger partial charge in [0.1, 0.15) is 0 Å². The number of nitrogens with one attached hydrogen (secondary N) is 1. The van der Waals surface area contributed by atoms with Crippen LogP contribution in [0.15, 0.2) is 0 Å². The van der Waals surface area contributed by atoms with Gasteiger partial charge in [-0.05, 0) is 0 Å². The van der Waals surface area contributed by atoms with Gasteiger partial charge in [-0.2, -0.15) is 6.54 Å². The van der Waals surface area contributed by atoms with Crippen molar-refractivity contribution < 1.29 is 25.8 Å². The van der Waals surface area contributed by atoms with E-state index in [2.05, 4.69) is 0 Å². The van der Waals surface area contributed by atoms with Crippen molar-refractivity contribution >= 4 is 0 Å². The van der Waals surface area contributed by atoms with E-state index in [1.54, 1.807) is 6.92 Å². The molecule has 0 saturated heterocycles. The van der Waals surface area contributed by atoms with Crippen LogP contribution in [0.25, 0.3) is 5.73 Å². The molecule has 0 aliphatic carbocycles. The first kappa shape index (κ1) is 8.85. The van der Waals surface area contributed by atoms with Crippen molar-refractivity contribution in [1.29, 1.82) is 0 Å². The summed E-state index contributed by atoms with van der Waals surface area (Å²) in [5, 5.41) is 0. The van der Waals surface area contributed by atoms with E-state index in [1.807, 2.05) is 0 Å². The first-order valence-corrected chi connectivity index (χ1v) is 1.06. The van der Waals surface area contributed by atoms with Crippen molar-refractivity contribution in [2.45, 2.75) is 6.92 Å². The van der Waals surface area contributed by atoms with Crippen molar-refractivity contribution in [1.82, 2.24) is 0 Å². The Balaban J connectivity index is 0. The van der Waals surface area contributed by atoms with Gasteiger partial charge >= 0.3 is 0 Å². The molecule has 0 unspecified atom stereocenters. The third-order valence-corrected chi connectivity index (χ3v) is 0. The Labute approximate surface area is 45.4 Å². The molecule has 4 heavy (non-hydrogen) atoms. The summed E-state index contributed by atoms with van der Waals surface area (Å²) in [6, 6.07) is 0. The Bertz CT molecular complexity index is 6.00. The third kappa shape index (κ3) is 13.8. The molecule has 1 nitrogen and oxygen atoms in total. The second kappa shape index (κ2) is 9.16. The molecular formula is C2H6HfN-. The van der Waals surface area contributed by atoms with E-state index in [9.17, 15) is 0 Å². The van der Waals surface area contributed by atoms with Gasteiger partial charge in [0.25, 0.3) is 0 Å². The predicted molar refractivity (Wildman–Crippen MR) is 14.9 cm³/mol. The van der Waals surface area contributed by atoms with Crippen LogP contribution in [0.3, 0.4) is 0 Å². The van der Waals surface area contributed by atoms with Crippen LogP contribution in [-0.4, -0.2) is 6.54 Å². The summed E-state index contributed by atoms with van der Waals surface area (Å²) in [6.07, 6.45) is 0. The first-order valence-electron chi connectivity index (χ1n) is 1.06. The molecule has 0 amide bonds. The summed E-state index contributed by atoms with van der Waals surface area (Å²) in [5.74, 6) is 0. The maximum absolute atomic E-state index is 6.21. The van der Waals surface area contributed by atoms with Gasteiger partial charge in [0.05, 0.1) is 0 Å². The smallest absolute Gasteiger partial charge is 0 e. The molecule has 0 fully saturated rings. The van der Waals surface area contributed by atoms with Crippen LogP contribution in [-0.2, 0) is 25.8 Å². The van der Waals surface area contributed by atoms with E-state index in [0.717, 1.165) is 0 Å². The van der Waals surface area contributed by atoms with Crippen LogP contribution in [0.5, 0.6) is 0 Å². The zero-order chi connectivity index (χ0) is 2.71. The monoisotopic (exact) mass is 224 g/mol. The molecular weight excluding hydrogens is 217 g/mol. The summed E-state index contributed by atoms with van der Waals surface area (Å²) in [6.45, 7) is 2.29. The van der Waals surface area contributed by atoms with Crippen LogP contribution < -0.4 is 0 Å². The maximum Gasteiger partial charge on any atom is 0 e. The normalized spacial score (nSPS) is 4.50. The molecule has 0 atom stereocenters. The average molecular weight is 223 g/mol. The van der Waals surface area contributed by atoms with E-state index in [1.165, 1.54) is 0 Å². The quantitative estimate of drug-likeness (QED) is 0.548. The minimum Gasteiger partial charge on any atom is -0.678 e. The molecule has 0 spiro atoms. The SMILES string of the molecule is CC[NH-].[Hf]. The van der Waals surface area contributed by atoms with Gasteiger partial charge in [-0.1, -0.05) is 6.92 Å². The van der Waals surface area contributed by atoms with Crippen molar-refractivity contribution in [3.05, 3.63) is 5.73 Å². The number of rotatable bonds is 0. The van der Waals surface area contributed by atoms with Gasteiger partial charge < -0.3 is 5.73 Å². The van der Waals surface area contributed by atoms with E-state index in [4.69, 9.17) is 5.73 Å². The minimum absolute atomic E-state index is 0. The molecule has 0 bridgehead atoms. The Kier molecular flexibility index (Phi) is 20.3. The van der Waals surface area contributed by atoms with Crippen molar-refractivity contribution in [2.75, 3.05) is 6.54 Å². The second-order valence-electron chi connectivity index (χ2n) is 0.354. The van der Waals surface area contributed by atoms with Gasteiger partial charge in [0, 0.05) is 25.8 Å². The van der Waals surface area contributed by atoms with Crippen LogP contribution in [0, 0.1) is 0 Å². The Morgan fingerprint density at radius 2 is 1.75 bits per heavy atom. The molecule has 0 rings (SSSR count). The molecule has 0 heterocycles. The Morgan fingerprint density at radius 1 is 1.75 bits per heavy atom. The summed E-state index contributed by atoms with van der Waals surface area (Å²) < 4.78 is 0. The standard InChI is InChI=1S/C2H6N.Hf/c1-2-3;/h3H,2H2,1H3;/q-1;. The van der Waals surface area contributed by atoms with Gasteiger partial charge in [-0.15, -0.1) is 0 Å². The molecule has 0 aliphatic heterocycles. The fourth-order valence-electron chi connectivity index (χ4n) is 0. The fourth-order valence-corrected chi connectivity index (χ4v) is 0. The first-order chi connectivity index (χ1) is 1.41. The Hall–Kier alpha value is 0.830. The molecule has 0 radical (unpaired) electrons. The van der Waals surface area contributed by atoms with Gasteiger partial charge in [0.2, 0.25) is 0 Å². The van der Waals surface area contributed by atoms with Crippen LogP contribution in [0.4, 0.5) is 0 Å². The van der Waals surface area contributed by atoms with E-state index in [0.29, 0.717) is 6.54 Å². The summed E-state index contributed by atoms with van der Waals surface area (Å²) >= 11 is 0. The number of hydrogen-bond acceptors (Lipinski definition) is 0. The molecule has 0 aromatic heterocycles. The van der Waals surface area contributed by atoms with E-state index in [-0.39, 0.29) is 25.8 Å². The predicted octanol–water partition coefficient (Wildman–Crippen LogP) is 1.06. The van der Waals surface area contributed by atoms with Crippen LogP contribution >= 0.6 is 0 Å². The van der Waals surface area contributed by atoms with E-state index < -0.39 is 0 Å². The zero-order valence-corrected chi connectivity index (χ0v) is 6.30. The van der Waals surface area contributed by atoms with Gasteiger partial charge in [-0.3, -0.25) is 0 Å². The molecule has 0 saturated carbocycles. The number of hydrogen-bond donors (Lipinski definition) is 0. The zero-order valence-electron chi connectivity index (χ0n) is 2.71.